The molecule has 0 aromatic heterocycles. The van der Waals surface area contributed by atoms with Gasteiger partial charge in [0, 0.05) is 6.61 Å². The standard InChI is InChI=1S/C16H28O6/c1-6-7-8-17-12-11(10-9-18-15(2,3)20-10)19-14-13(12)21-16(4,5)22-14/h10-14H,6-9H2,1-5H3/t10?,11-,12?,13?,14+/m1/s1. The third-order valence-corrected chi connectivity index (χ3v) is 4.23. The molecule has 0 aliphatic carbocycles. The Bertz CT molecular complexity index is 396. The molecule has 3 heterocycles. The molecule has 128 valence electrons. The van der Waals surface area contributed by atoms with Crippen LogP contribution in [0.3, 0.4) is 0 Å². The molecule has 3 fully saturated rings. The van der Waals surface area contributed by atoms with E-state index in [1.165, 1.54) is 0 Å². The molecule has 0 radical (unpaired) electrons. The van der Waals surface area contributed by atoms with Crippen LogP contribution in [-0.4, -0.2) is 55.5 Å². The molecule has 0 bridgehead atoms. The van der Waals surface area contributed by atoms with Gasteiger partial charge in [-0.1, -0.05) is 13.3 Å². The average Bonchev–Trinajstić information content (AvgIpc) is 3.01. The zero-order valence-electron chi connectivity index (χ0n) is 14.2. The molecule has 0 aromatic rings. The molecule has 0 N–H and O–H groups in total. The summed E-state index contributed by atoms with van der Waals surface area (Å²) in [4.78, 5) is 0. The van der Waals surface area contributed by atoms with Crippen LogP contribution in [0, 0.1) is 0 Å². The Morgan fingerprint density at radius 1 is 1.00 bits per heavy atom. The van der Waals surface area contributed by atoms with Gasteiger partial charge in [-0.05, 0) is 34.1 Å². The van der Waals surface area contributed by atoms with Gasteiger partial charge in [0.25, 0.3) is 0 Å². The molecule has 3 aliphatic rings. The van der Waals surface area contributed by atoms with E-state index >= 15 is 0 Å². The number of unbranched alkanes of at least 4 members (excludes halogenated alkanes) is 1. The van der Waals surface area contributed by atoms with E-state index in [1.54, 1.807) is 0 Å². The molecule has 0 amide bonds. The van der Waals surface area contributed by atoms with E-state index in [4.69, 9.17) is 28.4 Å². The highest BCUT2D eigenvalue weighted by Crippen LogP contribution is 2.41. The van der Waals surface area contributed by atoms with Crippen molar-refractivity contribution in [1.82, 2.24) is 0 Å². The van der Waals surface area contributed by atoms with E-state index in [0.29, 0.717) is 13.2 Å². The Morgan fingerprint density at radius 3 is 2.41 bits per heavy atom. The number of hydrogen-bond acceptors (Lipinski definition) is 6. The number of hydrogen-bond donors (Lipinski definition) is 0. The van der Waals surface area contributed by atoms with Gasteiger partial charge in [-0.15, -0.1) is 0 Å². The van der Waals surface area contributed by atoms with Crippen molar-refractivity contribution in [3.63, 3.8) is 0 Å². The summed E-state index contributed by atoms with van der Waals surface area (Å²) in [5, 5.41) is 0. The number of ether oxygens (including phenoxy) is 6. The molecule has 3 unspecified atom stereocenters. The van der Waals surface area contributed by atoms with Crippen molar-refractivity contribution in [2.24, 2.45) is 0 Å². The van der Waals surface area contributed by atoms with Crippen LogP contribution >= 0.6 is 0 Å². The molecule has 6 nitrogen and oxygen atoms in total. The van der Waals surface area contributed by atoms with Gasteiger partial charge in [0.15, 0.2) is 17.9 Å². The zero-order valence-corrected chi connectivity index (χ0v) is 14.2. The van der Waals surface area contributed by atoms with Crippen molar-refractivity contribution in [3.8, 4) is 0 Å². The topological polar surface area (TPSA) is 55.4 Å². The molecular formula is C16H28O6. The fourth-order valence-corrected chi connectivity index (χ4v) is 3.23. The first kappa shape index (κ1) is 16.6. The van der Waals surface area contributed by atoms with E-state index in [9.17, 15) is 0 Å². The zero-order chi connectivity index (χ0) is 16.0. The first-order valence-electron chi connectivity index (χ1n) is 8.26. The largest absolute Gasteiger partial charge is 0.372 e. The lowest BCUT2D eigenvalue weighted by Crippen LogP contribution is -2.44. The first-order valence-corrected chi connectivity index (χ1v) is 8.26. The summed E-state index contributed by atoms with van der Waals surface area (Å²) in [7, 11) is 0. The molecule has 0 spiro atoms. The first-order chi connectivity index (χ1) is 10.3. The second kappa shape index (κ2) is 6.00. The fraction of sp³-hybridized carbons (Fsp3) is 1.00. The molecular weight excluding hydrogens is 288 g/mol. The van der Waals surface area contributed by atoms with Gasteiger partial charge in [0.05, 0.1) is 6.61 Å². The van der Waals surface area contributed by atoms with Crippen LogP contribution in [0.2, 0.25) is 0 Å². The second-order valence-corrected chi connectivity index (χ2v) is 7.13. The summed E-state index contributed by atoms with van der Waals surface area (Å²) < 4.78 is 35.6. The van der Waals surface area contributed by atoms with Crippen molar-refractivity contribution < 1.29 is 28.4 Å². The minimum absolute atomic E-state index is 0.164. The van der Waals surface area contributed by atoms with Gasteiger partial charge >= 0.3 is 0 Å². The predicted molar refractivity (Wildman–Crippen MR) is 78.3 cm³/mol. The third-order valence-electron chi connectivity index (χ3n) is 4.23. The quantitative estimate of drug-likeness (QED) is 0.725. The molecule has 22 heavy (non-hydrogen) atoms. The van der Waals surface area contributed by atoms with E-state index < -0.39 is 17.9 Å². The molecule has 5 atom stereocenters. The van der Waals surface area contributed by atoms with Crippen LogP contribution < -0.4 is 0 Å². The molecule has 3 rings (SSSR count). The SMILES string of the molecule is CCCCOC1C2OC(C)(C)O[C@@H]2O[C@@H]1C1COC(C)(C)O1. The van der Waals surface area contributed by atoms with Gasteiger partial charge in [0.2, 0.25) is 0 Å². The van der Waals surface area contributed by atoms with E-state index in [0.717, 1.165) is 12.8 Å². The van der Waals surface area contributed by atoms with Crippen molar-refractivity contribution in [2.75, 3.05) is 13.2 Å². The fourth-order valence-electron chi connectivity index (χ4n) is 3.23. The van der Waals surface area contributed by atoms with Crippen LogP contribution in [0.1, 0.15) is 47.5 Å². The summed E-state index contributed by atoms with van der Waals surface area (Å²) in [5.74, 6) is -1.22. The highest BCUT2D eigenvalue weighted by Gasteiger charge is 2.58. The highest BCUT2D eigenvalue weighted by atomic mass is 16.8. The molecule has 3 saturated heterocycles. The maximum absolute atomic E-state index is 6.08. The maximum Gasteiger partial charge on any atom is 0.190 e. The van der Waals surface area contributed by atoms with E-state index in [1.807, 2.05) is 27.7 Å². The van der Waals surface area contributed by atoms with Crippen LogP contribution in [0.4, 0.5) is 0 Å². The van der Waals surface area contributed by atoms with Crippen molar-refractivity contribution in [2.45, 2.75) is 89.7 Å². The van der Waals surface area contributed by atoms with Gasteiger partial charge in [0.1, 0.15) is 24.4 Å². The predicted octanol–water partition coefficient (Wildman–Crippen LogP) is 2.20. The molecule has 0 aromatic carbocycles. The van der Waals surface area contributed by atoms with Crippen molar-refractivity contribution in [3.05, 3.63) is 0 Å². The number of rotatable bonds is 5. The van der Waals surface area contributed by atoms with Gasteiger partial charge < -0.3 is 28.4 Å². The lowest BCUT2D eigenvalue weighted by Gasteiger charge is -2.29. The molecule has 6 heteroatoms. The van der Waals surface area contributed by atoms with Crippen LogP contribution in [0.5, 0.6) is 0 Å². The Balaban J connectivity index is 1.69. The van der Waals surface area contributed by atoms with Gasteiger partial charge in [-0.3, -0.25) is 0 Å². The minimum atomic E-state index is -0.640. The van der Waals surface area contributed by atoms with Crippen LogP contribution in [0.25, 0.3) is 0 Å². The van der Waals surface area contributed by atoms with Crippen LogP contribution in [0.15, 0.2) is 0 Å². The molecule has 3 aliphatic heterocycles. The summed E-state index contributed by atoms with van der Waals surface area (Å²) in [6.45, 7) is 10.9. The smallest absolute Gasteiger partial charge is 0.190 e. The van der Waals surface area contributed by atoms with Crippen LogP contribution in [-0.2, 0) is 28.4 Å². The second-order valence-electron chi connectivity index (χ2n) is 7.13. The minimum Gasteiger partial charge on any atom is -0.372 e. The summed E-state index contributed by atoms with van der Waals surface area (Å²) in [5.41, 5.74) is 0. The Hall–Kier alpha value is -0.240. The van der Waals surface area contributed by atoms with Crippen molar-refractivity contribution >= 4 is 0 Å². The molecule has 0 saturated carbocycles. The monoisotopic (exact) mass is 316 g/mol. The van der Waals surface area contributed by atoms with Crippen molar-refractivity contribution in [1.29, 1.82) is 0 Å². The van der Waals surface area contributed by atoms with Gasteiger partial charge in [-0.2, -0.15) is 0 Å². The van der Waals surface area contributed by atoms with Gasteiger partial charge in [-0.25, -0.2) is 0 Å². The van der Waals surface area contributed by atoms with E-state index in [-0.39, 0.29) is 24.4 Å². The Morgan fingerprint density at radius 2 is 1.77 bits per heavy atom. The normalized spacial score (nSPS) is 42.7. The maximum atomic E-state index is 6.08. The Labute approximate surface area is 132 Å². The summed E-state index contributed by atoms with van der Waals surface area (Å²) >= 11 is 0. The lowest BCUT2D eigenvalue weighted by atomic mass is 10.1. The summed E-state index contributed by atoms with van der Waals surface area (Å²) in [6, 6.07) is 0. The summed E-state index contributed by atoms with van der Waals surface area (Å²) in [6.07, 6.45) is 0.889. The third kappa shape index (κ3) is 3.32. The number of fused-ring (bicyclic) bond motifs is 1. The van der Waals surface area contributed by atoms with E-state index in [2.05, 4.69) is 6.92 Å². The average molecular weight is 316 g/mol. The lowest BCUT2D eigenvalue weighted by molar-refractivity contribution is -0.236. The Kier molecular flexibility index (Phi) is 4.53. The highest BCUT2D eigenvalue weighted by molar-refractivity contribution is 4.98.